The molecule has 5 nitrogen and oxygen atoms in total. The Kier molecular flexibility index (Phi) is 6.08. The number of hydrogen-bond acceptors (Lipinski definition) is 5. The van der Waals surface area contributed by atoms with E-state index >= 15 is 0 Å². The van der Waals surface area contributed by atoms with Gasteiger partial charge in [0.2, 0.25) is 0 Å². The van der Waals surface area contributed by atoms with Crippen LogP contribution in [-0.2, 0) is 14.3 Å². The van der Waals surface area contributed by atoms with Gasteiger partial charge in [-0.3, -0.25) is 9.59 Å². The monoisotopic (exact) mass is 376 g/mol. The van der Waals surface area contributed by atoms with Gasteiger partial charge in [-0.15, -0.1) is 11.8 Å². The molecule has 0 heterocycles. The Bertz CT molecular complexity index is 1030. The van der Waals surface area contributed by atoms with E-state index in [1.54, 1.807) is 24.3 Å². The van der Waals surface area contributed by atoms with Crippen LogP contribution in [0.15, 0.2) is 71.6 Å². The fourth-order valence-electron chi connectivity index (χ4n) is 2.45. The van der Waals surface area contributed by atoms with Crippen LogP contribution in [-0.4, -0.2) is 24.2 Å². The number of rotatable bonds is 6. The molecule has 27 heavy (non-hydrogen) atoms. The number of nitrogens with one attached hydrogen (secondary N) is 1. The molecule has 0 unspecified atom stereocenters. The Morgan fingerprint density at radius 3 is 2.63 bits per heavy atom. The lowest BCUT2D eigenvalue weighted by molar-refractivity contribution is -0.144. The second-order valence-corrected chi connectivity index (χ2v) is 6.75. The third kappa shape index (κ3) is 5.33. The molecule has 0 saturated carbocycles. The van der Waals surface area contributed by atoms with E-state index in [1.807, 2.05) is 48.5 Å². The molecule has 1 N–H and O–H groups in total. The van der Waals surface area contributed by atoms with Gasteiger partial charge in [0.1, 0.15) is 0 Å². The van der Waals surface area contributed by atoms with E-state index < -0.39 is 11.9 Å². The van der Waals surface area contributed by atoms with Gasteiger partial charge >= 0.3 is 5.97 Å². The van der Waals surface area contributed by atoms with Crippen LogP contribution in [0.25, 0.3) is 10.8 Å². The van der Waals surface area contributed by atoms with Crippen molar-refractivity contribution in [3.63, 3.8) is 0 Å². The second-order valence-electron chi connectivity index (χ2n) is 5.70. The summed E-state index contributed by atoms with van der Waals surface area (Å²) in [5.41, 5.74) is 0.928. The minimum atomic E-state index is -0.464. The van der Waals surface area contributed by atoms with Crippen molar-refractivity contribution in [2.75, 3.05) is 17.7 Å². The van der Waals surface area contributed by atoms with Gasteiger partial charge in [0.25, 0.3) is 5.91 Å². The van der Waals surface area contributed by atoms with Crippen LogP contribution in [0.4, 0.5) is 5.69 Å². The van der Waals surface area contributed by atoms with Crippen LogP contribution in [0.1, 0.15) is 5.56 Å². The molecule has 0 fully saturated rings. The lowest BCUT2D eigenvalue weighted by Crippen LogP contribution is -2.21. The van der Waals surface area contributed by atoms with Gasteiger partial charge in [0, 0.05) is 10.6 Å². The first-order valence-corrected chi connectivity index (χ1v) is 9.20. The molecule has 0 spiro atoms. The maximum atomic E-state index is 11.9. The van der Waals surface area contributed by atoms with E-state index in [1.165, 1.54) is 11.8 Å². The summed E-state index contributed by atoms with van der Waals surface area (Å²) in [5.74, 6) is -0.793. The molecule has 0 atom stereocenters. The zero-order chi connectivity index (χ0) is 19.1. The molecule has 0 aliphatic heterocycles. The number of carbonyl (C=O) groups excluding carboxylic acids is 2. The molecule has 0 radical (unpaired) electrons. The summed E-state index contributed by atoms with van der Waals surface area (Å²) in [6.07, 6.45) is 0. The lowest BCUT2D eigenvalue weighted by Gasteiger charge is -2.07. The number of esters is 1. The fourth-order valence-corrected chi connectivity index (χ4v) is 3.19. The van der Waals surface area contributed by atoms with E-state index in [2.05, 4.69) is 5.32 Å². The number of benzene rings is 3. The normalized spacial score (nSPS) is 10.2. The van der Waals surface area contributed by atoms with Gasteiger partial charge in [0.05, 0.1) is 17.4 Å². The van der Waals surface area contributed by atoms with Crippen LogP contribution >= 0.6 is 11.8 Å². The van der Waals surface area contributed by atoms with Crippen LogP contribution in [0.2, 0.25) is 0 Å². The van der Waals surface area contributed by atoms with E-state index in [-0.39, 0.29) is 12.4 Å². The number of fused-ring (bicyclic) bond motifs is 1. The van der Waals surface area contributed by atoms with E-state index in [9.17, 15) is 9.59 Å². The highest BCUT2D eigenvalue weighted by Crippen LogP contribution is 2.23. The van der Waals surface area contributed by atoms with Crippen LogP contribution in [0.3, 0.4) is 0 Å². The van der Waals surface area contributed by atoms with Crippen LogP contribution in [0.5, 0.6) is 0 Å². The zero-order valence-electron chi connectivity index (χ0n) is 14.3. The van der Waals surface area contributed by atoms with E-state index in [4.69, 9.17) is 10.00 Å². The van der Waals surface area contributed by atoms with Crippen molar-refractivity contribution in [1.29, 1.82) is 5.26 Å². The minimum absolute atomic E-state index is 0.121. The predicted octanol–water partition coefficient (Wildman–Crippen LogP) is 3.99. The lowest BCUT2D eigenvalue weighted by atomic mass is 10.1. The van der Waals surface area contributed by atoms with Crippen molar-refractivity contribution in [1.82, 2.24) is 0 Å². The molecule has 0 aromatic heterocycles. The standard InChI is InChI=1S/C21H16N2O3S/c22-12-15-4-3-7-18(10-15)23-20(24)13-26-21(25)14-27-19-9-8-16-5-1-2-6-17(16)11-19/h1-11H,13-14H2,(H,23,24). The maximum Gasteiger partial charge on any atom is 0.316 e. The maximum absolute atomic E-state index is 11.9. The summed E-state index contributed by atoms with van der Waals surface area (Å²) in [5, 5.41) is 13.7. The molecule has 0 saturated heterocycles. The third-order valence-corrected chi connectivity index (χ3v) is 4.68. The number of anilines is 1. The number of nitriles is 1. The van der Waals surface area contributed by atoms with Crippen molar-refractivity contribution >= 4 is 40.1 Å². The highest BCUT2D eigenvalue weighted by atomic mass is 32.2. The molecule has 6 heteroatoms. The number of thioether (sulfide) groups is 1. The van der Waals surface area contributed by atoms with Crippen molar-refractivity contribution in [2.24, 2.45) is 0 Å². The van der Waals surface area contributed by atoms with Gasteiger partial charge in [-0.1, -0.05) is 36.4 Å². The third-order valence-electron chi connectivity index (χ3n) is 3.72. The highest BCUT2D eigenvalue weighted by Gasteiger charge is 2.09. The van der Waals surface area contributed by atoms with Crippen molar-refractivity contribution in [2.45, 2.75) is 4.90 Å². The van der Waals surface area contributed by atoms with Gasteiger partial charge in [-0.25, -0.2) is 0 Å². The fraction of sp³-hybridized carbons (Fsp3) is 0.0952. The first kappa shape index (κ1) is 18.5. The second kappa shape index (κ2) is 8.88. The Balaban J connectivity index is 1.46. The molecule has 3 aromatic rings. The molecule has 0 bridgehead atoms. The van der Waals surface area contributed by atoms with Gasteiger partial charge in [-0.2, -0.15) is 5.26 Å². The first-order valence-electron chi connectivity index (χ1n) is 8.21. The van der Waals surface area contributed by atoms with Crippen molar-refractivity contribution in [3.05, 3.63) is 72.3 Å². The Morgan fingerprint density at radius 1 is 1.00 bits per heavy atom. The van der Waals surface area contributed by atoms with E-state index in [0.717, 1.165) is 15.7 Å². The molecular weight excluding hydrogens is 360 g/mol. The van der Waals surface area contributed by atoms with Crippen LogP contribution < -0.4 is 5.32 Å². The molecule has 0 aliphatic rings. The molecule has 0 aliphatic carbocycles. The molecule has 134 valence electrons. The number of nitrogens with zero attached hydrogens (tertiary/aromatic N) is 1. The average Bonchev–Trinajstić information content (AvgIpc) is 2.70. The summed E-state index contributed by atoms with van der Waals surface area (Å²) < 4.78 is 5.00. The number of hydrogen-bond donors (Lipinski definition) is 1. The van der Waals surface area contributed by atoms with Gasteiger partial charge in [0.15, 0.2) is 6.61 Å². The summed E-state index contributed by atoms with van der Waals surface area (Å²) >= 11 is 1.36. The minimum Gasteiger partial charge on any atom is -0.455 e. The summed E-state index contributed by atoms with van der Waals surface area (Å²) in [4.78, 5) is 24.7. The van der Waals surface area contributed by atoms with E-state index in [0.29, 0.717) is 11.3 Å². The Hall–Kier alpha value is -3.30. The Morgan fingerprint density at radius 2 is 1.81 bits per heavy atom. The summed E-state index contributed by atoms with van der Waals surface area (Å²) in [7, 11) is 0. The zero-order valence-corrected chi connectivity index (χ0v) is 15.2. The average molecular weight is 376 g/mol. The number of carbonyl (C=O) groups is 2. The predicted molar refractivity (Wildman–Crippen MR) is 105 cm³/mol. The molecule has 1 amide bonds. The highest BCUT2D eigenvalue weighted by molar-refractivity contribution is 8.00. The number of ether oxygens (including phenoxy) is 1. The first-order chi connectivity index (χ1) is 13.1. The molecule has 3 aromatic carbocycles. The number of amides is 1. The summed E-state index contributed by atoms with van der Waals surface area (Å²) in [6, 6.07) is 22.5. The van der Waals surface area contributed by atoms with Crippen molar-refractivity contribution < 1.29 is 14.3 Å². The van der Waals surface area contributed by atoms with Gasteiger partial charge in [-0.05, 0) is 41.1 Å². The molecule has 3 rings (SSSR count). The topological polar surface area (TPSA) is 79.2 Å². The SMILES string of the molecule is N#Cc1cccc(NC(=O)COC(=O)CSc2ccc3ccccc3c2)c1. The van der Waals surface area contributed by atoms with Crippen molar-refractivity contribution in [3.8, 4) is 6.07 Å². The quantitative estimate of drug-likeness (QED) is 0.520. The smallest absolute Gasteiger partial charge is 0.316 e. The summed E-state index contributed by atoms with van der Waals surface area (Å²) in [6.45, 7) is -0.367. The van der Waals surface area contributed by atoms with Crippen LogP contribution in [0, 0.1) is 11.3 Å². The Labute approximate surface area is 160 Å². The van der Waals surface area contributed by atoms with Gasteiger partial charge < -0.3 is 10.1 Å². The largest absolute Gasteiger partial charge is 0.455 e. The molecular formula is C21H16N2O3S.